The molecule has 0 bridgehead atoms. The molecule has 2 heterocycles. The Hall–Kier alpha value is -2.26. The Morgan fingerprint density at radius 3 is 2.65 bits per heavy atom. The number of likely N-dealkylation sites (N-methyl/N-ethyl adjacent to an activating group) is 1. The van der Waals surface area contributed by atoms with Crippen molar-refractivity contribution in [1.29, 1.82) is 0 Å². The van der Waals surface area contributed by atoms with Crippen molar-refractivity contribution < 1.29 is 9.84 Å². The third-order valence-electron chi connectivity index (χ3n) is 5.34. The highest BCUT2D eigenvalue weighted by atomic mass is 16.5. The first-order chi connectivity index (χ1) is 11.0. The van der Waals surface area contributed by atoms with Gasteiger partial charge in [0.15, 0.2) is 0 Å². The zero-order valence-corrected chi connectivity index (χ0v) is 13.7. The smallest absolute Gasteiger partial charge is 0.211 e. The van der Waals surface area contributed by atoms with Crippen molar-refractivity contribution in [3.05, 3.63) is 65.2 Å². The van der Waals surface area contributed by atoms with Crippen LogP contribution in [-0.4, -0.2) is 17.9 Å². The molecule has 1 spiro atoms. The maximum Gasteiger partial charge on any atom is 0.211 e. The van der Waals surface area contributed by atoms with Gasteiger partial charge in [-0.3, -0.25) is 0 Å². The first-order valence-electron chi connectivity index (χ1n) is 7.95. The van der Waals surface area contributed by atoms with Crippen LogP contribution in [0.4, 0.5) is 5.69 Å². The average Bonchev–Trinajstić information content (AvgIpc) is 2.74. The molecular weight excluding hydrogens is 286 g/mol. The van der Waals surface area contributed by atoms with Gasteiger partial charge in [0.2, 0.25) is 5.72 Å². The number of anilines is 1. The molecule has 2 aliphatic rings. The van der Waals surface area contributed by atoms with Gasteiger partial charge in [-0.05, 0) is 55.3 Å². The molecule has 1 N–H and O–H groups in total. The number of hydrogen-bond acceptors (Lipinski definition) is 3. The van der Waals surface area contributed by atoms with Crippen LogP contribution >= 0.6 is 0 Å². The lowest BCUT2D eigenvalue weighted by Crippen LogP contribution is -2.58. The quantitative estimate of drug-likeness (QED) is 0.872. The molecule has 0 fully saturated rings. The molecule has 2 aromatic carbocycles. The van der Waals surface area contributed by atoms with Crippen LogP contribution in [0, 0.1) is 0 Å². The van der Waals surface area contributed by atoms with E-state index in [9.17, 15) is 5.11 Å². The average molecular weight is 307 g/mol. The van der Waals surface area contributed by atoms with E-state index in [-0.39, 0.29) is 12.0 Å². The Balaban J connectivity index is 1.85. The van der Waals surface area contributed by atoms with Crippen LogP contribution in [0.3, 0.4) is 0 Å². The third kappa shape index (κ3) is 1.74. The number of benzene rings is 2. The standard InChI is InChI=1S/C20H21NO2/c1-19(2)16-6-4-5-7-17(16)21(3)20(19)11-10-15-12-14(13-22)8-9-18(15)23-20/h4-12,22H,13H2,1-3H3/t20-/m0/s1. The van der Waals surface area contributed by atoms with Crippen molar-refractivity contribution in [2.75, 3.05) is 11.9 Å². The van der Waals surface area contributed by atoms with E-state index >= 15 is 0 Å². The predicted molar refractivity (Wildman–Crippen MR) is 92.6 cm³/mol. The summed E-state index contributed by atoms with van der Waals surface area (Å²) in [5.41, 5.74) is 3.70. The van der Waals surface area contributed by atoms with E-state index in [4.69, 9.17) is 4.74 Å². The number of para-hydroxylation sites is 1. The van der Waals surface area contributed by atoms with Crippen LogP contribution in [0.15, 0.2) is 48.5 Å². The molecule has 3 heteroatoms. The second kappa shape index (κ2) is 4.62. The van der Waals surface area contributed by atoms with Crippen LogP contribution < -0.4 is 9.64 Å². The minimum Gasteiger partial charge on any atom is -0.463 e. The highest BCUT2D eigenvalue weighted by Gasteiger charge is 2.57. The topological polar surface area (TPSA) is 32.7 Å². The van der Waals surface area contributed by atoms with Crippen molar-refractivity contribution in [3.63, 3.8) is 0 Å². The summed E-state index contributed by atoms with van der Waals surface area (Å²) in [4.78, 5) is 2.22. The number of fused-ring (bicyclic) bond motifs is 2. The van der Waals surface area contributed by atoms with Crippen LogP contribution in [-0.2, 0) is 12.0 Å². The summed E-state index contributed by atoms with van der Waals surface area (Å²) in [6, 6.07) is 14.3. The van der Waals surface area contributed by atoms with E-state index < -0.39 is 5.72 Å². The van der Waals surface area contributed by atoms with E-state index in [1.54, 1.807) is 0 Å². The first-order valence-corrected chi connectivity index (χ1v) is 7.95. The molecule has 0 saturated heterocycles. The van der Waals surface area contributed by atoms with Gasteiger partial charge in [-0.25, -0.2) is 0 Å². The Kier molecular flexibility index (Phi) is 2.88. The molecule has 118 valence electrons. The monoisotopic (exact) mass is 307 g/mol. The third-order valence-corrected chi connectivity index (χ3v) is 5.34. The molecule has 23 heavy (non-hydrogen) atoms. The van der Waals surface area contributed by atoms with Gasteiger partial charge in [-0.2, -0.15) is 0 Å². The Morgan fingerprint density at radius 2 is 1.91 bits per heavy atom. The van der Waals surface area contributed by atoms with Gasteiger partial charge in [0, 0.05) is 18.3 Å². The molecule has 4 rings (SSSR count). The SMILES string of the molecule is CN1c2ccccc2C(C)(C)[C@@]12C=Cc1cc(CO)ccc1O2. The zero-order valence-electron chi connectivity index (χ0n) is 13.7. The second-order valence-electron chi connectivity index (χ2n) is 6.86. The summed E-state index contributed by atoms with van der Waals surface area (Å²) < 4.78 is 6.55. The molecule has 3 nitrogen and oxygen atoms in total. The lowest BCUT2D eigenvalue weighted by molar-refractivity contribution is 0.0581. The van der Waals surface area contributed by atoms with Crippen molar-refractivity contribution in [1.82, 2.24) is 0 Å². The number of nitrogens with zero attached hydrogens (tertiary/aromatic N) is 1. The van der Waals surface area contributed by atoms with Crippen LogP contribution in [0.25, 0.3) is 6.08 Å². The number of aliphatic hydroxyl groups excluding tert-OH is 1. The van der Waals surface area contributed by atoms with Gasteiger partial charge in [0.1, 0.15) is 5.75 Å². The molecule has 0 saturated carbocycles. The fraction of sp³-hybridized carbons (Fsp3) is 0.300. The summed E-state index contributed by atoms with van der Waals surface area (Å²) in [6.07, 6.45) is 4.26. The van der Waals surface area contributed by atoms with E-state index in [0.717, 1.165) is 16.9 Å². The Labute approximate surface area is 136 Å². The largest absolute Gasteiger partial charge is 0.463 e. The highest BCUT2D eigenvalue weighted by Crippen LogP contribution is 2.54. The molecule has 0 amide bonds. The second-order valence-corrected chi connectivity index (χ2v) is 6.86. The number of ether oxygens (including phenoxy) is 1. The molecule has 0 aliphatic carbocycles. The lowest BCUT2D eigenvalue weighted by atomic mass is 9.76. The fourth-order valence-electron chi connectivity index (χ4n) is 3.93. The van der Waals surface area contributed by atoms with Gasteiger partial charge in [-0.1, -0.05) is 24.3 Å². The summed E-state index contributed by atoms with van der Waals surface area (Å²) in [7, 11) is 2.09. The normalized spacial score (nSPS) is 23.6. The first kappa shape index (κ1) is 14.3. The van der Waals surface area contributed by atoms with Gasteiger partial charge < -0.3 is 14.7 Å². The van der Waals surface area contributed by atoms with Crippen LogP contribution in [0.2, 0.25) is 0 Å². The Morgan fingerprint density at radius 1 is 1.13 bits per heavy atom. The number of aliphatic hydroxyl groups is 1. The van der Waals surface area contributed by atoms with Crippen molar-refractivity contribution in [2.24, 2.45) is 0 Å². The number of hydrogen-bond donors (Lipinski definition) is 1. The number of rotatable bonds is 1. The molecule has 0 aromatic heterocycles. The summed E-state index contributed by atoms with van der Waals surface area (Å²) in [5, 5.41) is 9.31. The predicted octanol–water partition coefficient (Wildman–Crippen LogP) is 3.71. The van der Waals surface area contributed by atoms with Crippen LogP contribution in [0.1, 0.15) is 30.5 Å². The van der Waals surface area contributed by atoms with E-state index in [1.807, 2.05) is 18.2 Å². The minimum absolute atomic E-state index is 0.0447. The molecule has 1 atom stereocenters. The highest BCUT2D eigenvalue weighted by molar-refractivity contribution is 5.72. The van der Waals surface area contributed by atoms with E-state index in [0.29, 0.717) is 0 Å². The fourth-order valence-corrected chi connectivity index (χ4v) is 3.93. The molecule has 0 radical (unpaired) electrons. The van der Waals surface area contributed by atoms with E-state index in [1.165, 1.54) is 11.3 Å². The van der Waals surface area contributed by atoms with Crippen LogP contribution in [0.5, 0.6) is 5.75 Å². The maximum absolute atomic E-state index is 9.31. The molecule has 2 aliphatic heterocycles. The molecule has 2 aromatic rings. The molecular formula is C20H21NO2. The van der Waals surface area contributed by atoms with Gasteiger partial charge >= 0.3 is 0 Å². The van der Waals surface area contributed by atoms with Crippen molar-refractivity contribution in [2.45, 2.75) is 31.6 Å². The van der Waals surface area contributed by atoms with Gasteiger partial charge in [0.05, 0.1) is 12.0 Å². The summed E-state index contributed by atoms with van der Waals surface area (Å²) >= 11 is 0. The maximum atomic E-state index is 9.31. The summed E-state index contributed by atoms with van der Waals surface area (Å²) in [5.74, 6) is 0.859. The van der Waals surface area contributed by atoms with Gasteiger partial charge in [-0.15, -0.1) is 0 Å². The Bertz CT molecular complexity index is 809. The van der Waals surface area contributed by atoms with Crippen molar-refractivity contribution in [3.8, 4) is 5.75 Å². The van der Waals surface area contributed by atoms with Gasteiger partial charge in [0.25, 0.3) is 0 Å². The summed E-state index contributed by atoms with van der Waals surface area (Å²) in [6.45, 7) is 4.50. The minimum atomic E-state index is -0.537. The zero-order chi connectivity index (χ0) is 16.2. The van der Waals surface area contributed by atoms with Crippen molar-refractivity contribution >= 4 is 11.8 Å². The lowest BCUT2D eigenvalue weighted by Gasteiger charge is -2.45. The van der Waals surface area contributed by atoms with E-state index in [2.05, 4.69) is 62.2 Å². The molecule has 0 unspecified atom stereocenters.